The SMILES string of the molecule is CSCCCn1nnnc1C(NCC1CCOc2ccccc21)c1cc(Cl)sc1C. The van der Waals surface area contributed by atoms with Crippen molar-refractivity contribution in [2.24, 2.45) is 0 Å². The molecule has 1 aliphatic heterocycles. The van der Waals surface area contributed by atoms with E-state index in [0.29, 0.717) is 5.92 Å². The van der Waals surface area contributed by atoms with E-state index in [1.807, 2.05) is 34.6 Å². The molecule has 30 heavy (non-hydrogen) atoms. The van der Waals surface area contributed by atoms with E-state index in [1.165, 1.54) is 10.4 Å². The van der Waals surface area contributed by atoms with E-state index in [9.17, 15) is 0 Å². The average molecular weight is 464 g/mol. The van der Waals surface area contributed by atoms with Gasteiger partial charge >= 0.3 is 0 Å². The monoisotopic (exact) mass is 463 g/mol. The summed E-state index contributed by atoms with van der Waals surface area (Å²) >= 11 is 9.78. The van der Waals surface area contributed by atoms with Gasteiger partial charge in [-0.05, 0) is 65.5 Å². The third kappa shape index (κ3) is 4.82. The van der Waals surface area contributed by atoms with Gasteiger partial charge in [0.05, 0.1) is 17.0 Å². The average Bonchev–Trinajstić information content (AvgIpc) is 3.35. The van der Waals surface area contributed by atoms with Crippen molar-refractivity contribution in [2.45, 2.75) is 38.3 Å². The molecule has 3 aromatic rings. The molecule has 0 amide bonds. The molecular weight excluding hydrogens is 438 g/mol. The Kier molecular flexibility index (Phi) is 7.30. The van der Waals surface area contributed by atoms with Gasteiger partial charge in [0.15, 0.2) is 5.82 Å². The highest BCUT2D eigenvalue weighted by Crippen LogP contribution is 2.36. The molecule has 160 valence electrons. The molecule has 2 unspecified atom stereocenters. The summed E-state index contributed by atoms with van der Waals surface area (Å²) in [5, 5.41) is 16.4. The third-order valence-electron chi connectivity index (χ3n) is 5.42. The van der Waals surface area contributed by atoms with Crippen molar-refractivity contribution in [1.82, 2.24) is 25.5 Å². The zero-order chi connectivity index (χ0) is 20.9. The zero-order valence-corrected chi connectivity index (χ0v) is 19.6. The fourth-order valence-electron chi connectivity index (χ4n) is 3.91. The molecule has 1 aliphatic rings. The Balaban J connectivity index is 1.58. The molecule has 0 saturated heterocycles. The van der Waals surface area contributed by atoms with Crippen molar-refractivity contribution in [1.29, 1.82) is 0 Å². The number of tetrazole rings is 1. The molecule has 1 N–H and O–H groups in total. The quantitative estimate of drug-likeness (QED) is 0.464. The Morgan fingerprint density at radius 2 is 2.27 bits per heavy atom. The molecule has 0 radical (unpaired) electrons. The summed E-state index contributed by atoms with van der Waals surface area (Å²) in [7, 11) is 0. The van der Waals surface area contributed by atoms with Crippen LogP contribution in [0.2, 0.25) is 4.34 Å². The molecular formula is C21H26ClN5OS2. The lowest BCUT2D eigenvalue weighted by molar-refractivity contribution is 0.263. The van der Waals surface area contributed by atoms with Crippen LogP contribution in [0.1, 0.15) is 46.6 Å². The molecule has 2 aromatic heterocycles. The summed E-state index contributed by atoms with van der Waals surface area (Å²) in [6.45, 7) is 4.46. The van der Waals surface area contributed by atoms with Crippen LogP contribution in [-0.4, -0.2) is 45.4 Å². The number of benzene rings is 1. The first-order valence-corrected chi connectivity index (χ1v) is 12.7. The number of nitrogens with one attached hydrogen (secondary N) is 1. The number of nitrogens with zero attached hydrogens (tertiary/aromatic N) is 4. The highest BCUT2D eigenvalue weighted by atomic mass is 35.5. The second-order valence-corrected chi connectivity index (χ2v) is 10.3. The van der Waals surface area contributed by atoms with Crippen molar-refractivity contribution >= 4 is 34.7 Å². The first kappa shape index (κ1) is 21.6. The van der Waals surface area contributed by atoms with Crippen LogP contribution in [0.4, 0.5) is 0 Å². The smallest absolute Gasteiger partial charge is 0.172 e. The Hall–Kier alpha value is -1.61. The lowest BCUT2D eigenvalue weighted by Gasteiger charge is -2.28. The topological polar surface area (TPSA) is 64.9 Å². The molecule has 3 heterocycles. The number of aromatic nitrogens is 4. The molecule has 4 rings (SSSR count). The van der Waals surface area contributed by atoms with Gasteiger partial charge in [0, 0.05) is 23.9 Å². The van der Waals surface area contributed by atoms with E-state index in [2.05, 4.69) is 46.2 Å². The van der Waals surface area contributed by atoms with Crippen molar-refractivity contribution < 1.29 is 4.74 Å². The molecule has 1 aromatic carbocycles. The third-order valence-corrected chi connectivity index (χ3v) is 7.32. The van der Waals surface area contributed by atoms with Gasteiger partial charge in [0.2, 0.25) is 0 Å². The number of hydrogen-bond donors (Lipinski definition) is 1. The highest BCUT2D eigenvalue weighted by Gasteiger charge is 2.27. The van der Waals surface area contributed by atoms with Gasteiger partial charge < -0.3 is 10.1 Å². The minimum Gasteiger partial charge on any atom is -0.493 e. The van der Waals surface area contributed by atoms with Crippen molar-refractivity contribution in [3.05, 3.63) is 56.5 Å². The maximum absolute atomic E-state index is 6.34. The number of hydrogen-bond acceptors (Lipinski definition) is 7. The van der Waals surface area contributed by atoms with Gasteiger partial charge in [-0.3, -0.25) is 0 Å². The lowest BCUT2D eigenvalue weighted by atomic mass is 9.92. The molecule has 0 spiro atoms. The Bertz CT molecular complexity index is 976. The van der Waals surface area contributed by atoms with Crippen LogP contribution in [-0.2, 0) is 6.54 Å². The summed E-state index contributed by atoms with van der Waals surface area (Å²) in [5.74, 6) is 3.30. The van der Waals surface area contributed by atoms with Crippen LogP contribution < -0.4 is 10.1 Å². The largest absolute Gasteiger partial charge is 0.493 e. The summed E-state index contributed by atoms with van der Waals surface area (Å²) in [5.41, 5.74) is 2.40. The second-order valence-electron chi connectivity index (χ2n) is 7.38. The highest BCUT2D eigenvalue weighted by molar-refractivity contribution is 7.98. The fraction of sp³-hybridized carbons (Fsp3) is 0.476. The van der Waals surface area contributed by atoms with Crippen molar-refractivity contribution in [2.75, 3.05) is 25.2 Å². The van der Waals surface area contributed by atoms with E-state index in [1.54, 1.807) is 11.3 Å². The van der Waals surface area contributed by atoms with Crippen LogP contribution in [0.5, 0.6) is 5.75 Å². The van der Waals surface area contributed by atoms with Crippen molar-refractivity contribution in [3.8, 4) is 5.75 Å². The Labute approximate surface area is 190 Å². The first-order chi connectivity index (χ1) is 14.7. The van der Waals surface area contributed by atoms with E-state index in [4.69, 9.17) is 16.3 Å². The number of ether oxygens (including phenoxy) is 1. The molecule has 0 fully saturated rings. The summed E-state index contributed by atoms with van der Waals surface area (Å²) in [6.07, 6.45) is 4.13. The molecule has 2 atom stereocenters. The minimum atomic E-state index is -0.104. The van der Waals surface area contributed by atoms with Crippen LogP contribution in [0.25, 0.3) is 0 Å². The van der Waals surface area contributed by atoms with Crippen LogP contribution in [0, 0.1) is 6.92 Å². The summed E-state index contributed by atoms with van der Waals surface area (Å²) in [4.78, 5) is 1.18. The molecule has 0 saturated carbocycles. The minimum absolute atomic E-state index is 0.104. The molecule has 0 bridgehead atoms. The maximum atomic E-state index is 6.34. The van der Waals surface area contributed by atoms with E-state index < -0.39 is 0 Å². The standard InChI is InChI=1S/C21H26ClN5OS2/c1-14-17(12-19(22)30-14)20(21-24-25-26-27(21)9-5-11-29-2)23-13-15-8-10-28-18-7-4-3-6-16(15)18/h3-4,6-7,12,15,20,23H,5,8-11,13H2,1-2H3. The number of fused-ring (bicyclic) bond motifs is 1. The summed E-state index contributed by atoms with van der Waals surface area (Å²) in [6, 6.07) is 10.2. The zero-order valence-electron chi connectivity index (χ0n) is 17.2. The van der Waals surface area contributed by atoms with E-state index >= 15 is 0 Å². The van der Waals surface area contributed by atoms with Gasteiger partial charge in [0.25, 0.3) is 0 Å². The van der Waals surface area contributed by atoms with Gasteiger partial charge in [-0.25, -0.2) is 4.68 Å². The number of halogens is 1. The van der Waals surface area contributed by atoms with Crippen molar-refractivity contribution in [3.63, 3.8) is 0 Å². The second kappa shape index (κ2) is 10.1. The van der Waals surface area contributed by atoms with Gasteiger partial charge in [0.1, 0.15) is 5.75 Å². The number of thiophene rings is 1. The lowest BCUT2D eigenvalue weighted by Crippen LogP contribution is -2.32. The van der Waals surface area contributed by atoms with Crippen LogP contribution in [0.3, 0.4) is 0 Å². The maximum Gasteiger partial charge on any atom is 0.172 e. The molecule has 6 nitrogen and oxygen atoms in total. The van der Waals surface area contributed by atoms with Crippen LogP contribution in [0.15, 0.2) is 30.3 Å². The molecule has 9 heteroatoms. The van der Waals surface area contributed by atoms with E-state index in [-0.39, 0.29) is 6.04 Å². The predicted molar refractivity (Wildman–Crippen MR) is 124 cm³/mol. The predicted octanol–water partition coefficient (Wildman–Crippen LogP) is 4.69. The van der Waals surface area contributed by atoms with Gasteiger partial charge in [-0.2, -0.15) is 11.8 Å². The first-order valence-electron chi connectivity index (χ1n) is 10.1. The van der Waals surface area contributed by atoms with E-state index in [0.717, 1.165) is 59.8 Å². The summed E-state index contributed by atoms with van der Waals surface area (Å²) < 4.78 is 8.54. The fourth-order valence-corrected chi connectivity index (χ4v) is 5.57. The Morgan fingerprint density at radius 3 is 3.07 bits per heavy atom. The Morgan fingerprint density at radius 1 is 1.40 bits per heavy atom. The normalized spacial score (nSPS) is 16.8. The van der Waals surface area contributed by atoms with Gasteiger partial charge in [-0.15, -0.1) is 16.4 Å². The van der Waals surface area contributed by atoms with Gasteiger partial charge in [-0.1, -0.05) is 29.8 Å². The number of aryl methyl sites for hydroxylation is 2. The number of thioether (sulfide) groups is 1. The molecule has 0 aliphatic carbocycles. The number of rotatable bonds is 9. The van der Waals surface area contributed by atoms with Crippen LogP contribution >= 0.6 is 34.7 Å². The number of para-hydroxylation sites is 1.